The van der Waals surface area contributed by atoms with Gasteiger partial charge in [0, 0.05) is 18.5 Å². The summed E-state index contributed by atoms with van der Waals surface area (Å²) in [5.41, 5.74) is 2.88. The smallest absolute Gasteiger partial charge is 0.221 e. The molecule has 30 heavy (non-hydrogen) atoms. The predicted molar refractivity (Wildman–Crippen MR) is 117 cm³/mol. The van der Waals surface area contributed by atoms with E-state index in [0.717, 1.165) is 16.7 Å². The summed E-state index contributed by atoms with van der Waals surface area (Å²) in [5, 5.41) is 2.79. The first-order valence-electron chi connectivity index (χ1n) is 9.75. The highest BCUT2D eigenvalue weighted by atomic mass is 32.2. The fourth-order valence-corrected chi connectivity index (χ4v) is 4.14. The van der Waals surface area contributed by atoms with E-state index in [0.29, 0.717) is 12.4 Å². The second-order valence-electron chi connectivity index (χ2n) is 7.04. The van der Waals surface area contributed by atoms with Crippen LogP contribution in [-0.2, 0) is 27.8 Å². The summed E-state index contributed by atoms with van der Waals surface area (Å²) >= 11 is 0. The zero-order valence-corrected chi connectivity index (χ0v) is 17.7. The number of hydrogen-bond donors (Lipinski definition) is 1. The van der Waals surface area contributed by atoms with Crippen LogP contribution < -0.4 is 10.1 Å². The minimum absolute atomic E-state index is 0.0940. The van der Waals surface area contributed by atoms with Crippen LogP contribution in [0.15, 0.2) is 83.8 Å². The summed E-state index contributed by atoms with van der Waals surface area (Å²) < 4.78 is 30.7. The van der Waals surface area contributed by atoms with E-state index < -0.39 is 9.84 Å². The Morgan fingerprint density at radius 1 is 0.900 bits per heavy atom. The van der Waals surface area contributed by atoms with Crippen LogP contribution >= 0.6 is 0 Å². The fraction of sp³-hybridized carbons (Fsp3) is 0.208. The number of carbonyl (C=O) groups is 1. The van der Waals surface area contributed by atoms with Gasteiger partial charge in [0.15, 0.2) is 9.84 Å². The van der Waals surface area contributed by atoms with Crippen LogP contribution in [-0.4, -0.2) is 20.1 Å². The minimum Gasteiger partial charge on any atom is -0.489 e. The number of aryl methyl sites for hydroxylation is 1. The zero-order valence-electron chi connectivity index (χ0n) is 16.9. The molecule has 0 aliphatic heterocycles. The number of hydrogen-bond acceptors (Lipinski definition) is 4. The van der Waals surface area contributed by atoms with Crippen LogP contribution in [0.1, 0.15) is 23.1 Å². The van der Waals surface area contributed by atoms with E-state index in [2.05, 4.69) is 5.32 Å². The average molecular weight is 424 g/mol. The average Bonchev–Trinajstić information content (AvgIpc) is 2.76. The number of rotatable bonds is 9. The Morgan fingerprint density at radius 3 is 2.30 bits per heavy atom. The second kappa shape index (κ2) is 10.1. The van der Waals surface area contributed by atoms with E-state index in [1.807, 2.05) is 61.5 Å². The van der Waals surface area contributed by atoms with Gasteiger partial charge in [-0.3, -0.25) is 4.79 Å². The van der Waals surface area contributed by atoms with Crippen molar-refractivity contribution in [2.75, 3.05) is 5.75 Å². The van der Waals surface area contributed by atoms with Gasteiger partial charge in [0.05, 0.1) is 10.6 Å². The molecule has 0 bridgehead atoms. The first-order valence-corrected chi connectivity index (χ1v) is 11.4. The number of para-hydroxylation sites is 1. The first-order chi connectivity index (χ1) is 14.4. The molecule has 1 N–H and O–H groups in total. The lowest BCUT2D eigenvalue weighted by Gasteiger charge is -2.12. The monoisotopic (exact) mass is 423 g/mol. The summed E-state index contributed by atoms with van der Waals surface area (Å²) in [6.45, 7) is 2.60. The van der Waals surface area contributed by atoms with Crippen LogP contribution in [0.2, 0.25) is 0 Å². The van der Waals surface area contributed by atoms with E-state index in [9.17, 15) is 13.2 Å². The van der Waals surface area contributed by atoms with Gasteiger partial charge in [0.1, 0.15) is 12.4 Å². The van der Waals surface area contributed by atoms with Crippen molar-refractivity contribution < 1.29 is 17.9 Å². The molecule has 3 aromatic carbocycles. The Morgan fingerprint density at radius 2 is 1.57 bits per heavy atom. The molecule has 3 aromatic rings. The lowest BCUT2D eigenvalue weighted by Crippen LogP contribution is -2.25. The maximum Gasteiger partial charge on any atom is 0.221 e. The van der Waals surface area contributed by atoms with Crippen molar-refractivity contribution in [3.63, 3.8) is 0 Å². The lowest BCUT2D eigenvalue weighted by molar-refractivity contribution is -0.120. The molecule has 5 nitrogen and oxygen atoms in total. The third-order valence-corrected chi connectivity index (χ3v) is 6.40. The molecule has 0 unspecified atom stereocenters. The predicted octanol–water partition coefficient (Wildman–Crippen LogP) is 4.05. The quantitative estimate of drug-likeness (QED) is 0.563. The van der Waals surface area contributed by atoms with Crippen molar-refractivity contribution in [3.05, 3.63) is 95.6 Å². The molecule has 0 aromatic heterocycles. The van der Waals surface area contributed by atoms with E-state index in [4.69, 9.17) is 4.74 Å². The van der Waals surface area contributed by atoms with Crippen molar-refractivity contribution in [2.45, 2.75) is 31.4 Å². The van der Waals surface area contributed by atoms with Gasteiger partial charge in [-0.1, -0.05) is 66.2 Å². The van der Waals surface area contributed by atoms with Crippen molar-refractivity contribution in [1.82, 2.24) is 5.32 Å². The largest absolute Gasteiger partial charge is 0.489 e. The highest BCUT2D eigenvalue weighted by molar-refractivity contribution is 7.91. The van der Waals surface area contributed by atoms with E-state index in [1.165, 1.54) is 0 Å². The van der Waals surface area contributed by atoms with Gasteiger partial charge in [-0.15, -0.1) is 0 Å². The van der Waals surface area contributed by atoms with Crippen LogP contribution in [0.5, 0.6) is 5.75 Å². The third-order valence-electron chi connectivity index (χ3n) is 4.66. The molecule has 0 heterocycles. The van der Waals surface area contributed by atoms with Crippen LogP contribution in [0.3, 0.4) is 0 Å². The van der Waals surface area contributed by atoms with Crippen molar-refractivity contribution >= 4 is 15.7 Å². The van der Waals surface area contributed by atoms with Crippen molar-refractivity contribution in [2.24, 2.45) is 0 Å². The second-order valence-corrected chi connectivity index (χ2v) is 9.15. The molecule has 156 valence electrons. The highest BCUT2D eigenvalue weighted by Crippen LogP contribution is 2.19. The topological polar surface area (TPSA) is 72.5 Å². The summed E-state index contributed by atoms with van der Waals surface area (Å²) in [5.74, 6) is 0.145. The van der Waals surface area contributed by atoms with Crippen LogP contribution in [0.4, 0.5) is 0 Å². The summed E-state index contributed by atoms with van der Waals surface area (Å²) in [6.07, 6.45) is -0.0940. The molecule has 6 heteroatoms. The van der Waals surface area contributed by atoms with E-state index in [-0.39, 0.29) is 29.5 Å². The van der Waals surface area contributed by atoms with Gasteiger partial charge in [0.2, 0.25) is 5.91 Å². The number of carbonyl (C=O) groups excluding carboxylic acids is 1. The number of benzene rings is 3. The molecule has 0 fully saturated rings. The van der Waals surface area contributed by atoms with Crippen molar-refractivity contribution in [3.8, 4) is 5.75 Å². The highest BCUT2D eigenvalue weighted by Gasteiger charge is 2.16. The summed E-state index contributed by atoms with van der Waals surface area (Å²) in [6, 6.07) is 24.0. The van der Waals surface area contributed by atoms with Gasteiger partial charge in [-0.2, -0.15) is 0 Å². The van der Waals surface area contributed by atoms with Crippen LogP contribution in [0, 0.1) is 6.92 Å². The SMILES string of the molecule is Cc1ccc(S(=O)(=O)CCC(=O)NCc2ccccc2OCc2ccccc2)cc1. The Hall–Kier alpha value is -3.12. The first kappa shape index (κ1) is 21.6. The van der Waals surface area contributed by atoms with E-state index in [1.54, 1.807) is 24.3 Å². The molecule has 0 atom stereocenters. The molecule has 1 amide bonds. The molecule has 0 aliphatic rings. The Kier molecular flexibility index (Phi) is 7.25. The summed E-state index contributed by atoms with van der Waals surface area (Å²) in [4.78, 5) is 12.5. The van der Waals surface area contributed by atoms with Crippen molar-refractivity contribution in [1.29, 1.82) is 0 Å². The number of ether oxygens (including phenoxy) is 1. The van der Waals surface area contributed by atoms with Gasteiger partial charge >= 0.3 is 0 Å². The molecular formula is C24H25NO4S. The fourth-order valence-electron chi connectivity index (χ4n) is 2.90. The Balaban J connectivity index is 1.53. The maximum atomic E-state index is 12.4. The zero-order chi connectivity index (χ0) is 21.4. The Labute approximate surface area is 177 Å². The lowest BCUT2D eigenvalue weighted by atomic mass is 10.2. The molecule has 3 rings (SSSR count). The number of sulfone groups is 1. The third kappa shape index (κ3) is 6.19. The number of amides is 1. The molecule has 0 aliphatic carbocycles. The van der Waals surface area contributed by atoms with Crippen LogP contribution in [0.25, 0.3) is 0 Å². The molecule has 0 spiro atoms. The van der Waals surface area contributed by atoms with Gasteiger partial charge in [-0.05, 0) is 30.7 Å². The van der Waals surface area contributed by atoms with Gasteiger partial charge in [0.25, 0.3) is 0 Å². The molecule has 0 saturated heterocycles. The molecular weight excluding hydrogens is 398 g/mol. The number of nitrogens with one attached hydrogen (secondary N) is 1. The van der Waals surface area contributed by atoms with E-state index >= 15 is 0 Å². The molecule has 0 saturated carbocycles. The minimum atomic E-state index is -3.49. The Bertz CT molecular complexity index is 1080. The normalized spacial score (nSPS) is 11.1. The summed E-state index contributed by atoms with van der Waals surface area (Å²) in [7, 11) is -3.49. The van der Waals surface area contributed by atoms with Gasteiger partial charge in [-0.25, -0.2) is 8.42 Å². The molecule has 0 radical (unpaired) electrons. The maximum absolute atomic E-state index is 12.4. The standard InChI is InChI=1S/C24H25NO4S/c1-19-11-13-22(14-12-19)30(27,28)16-15-24(26)25-17-21-9-5-6-10-23(21)29-18-20-7-3-2-4-8-20/h2-14H,15-18H2,1H3,(H,25,26). The van der Waals surface area contributed by atoms with Gasteiger partial charge < -0.3 is 10.1 Å².